The quantitative estimate of drug-likeness (QED) is 0.0258. The summed E-state index contributed by atoms with van der Waals surface area (Å²) in [6.45, 7) is 9.33. The molecule has 2 heterocycles. The van der Waals surface area contributed by atoms with E-state index in [9.17, 15) is 43.2 Å². The van der Waals surface area contributed by atoms with Crippen LogP contribution in [-0.2, 0) is 62.1 Å². The van der Waals surface area contributed by atoms with Crippen molar-refractivity contribution in [1.82, 2.24) is 16.0 Å². The van der Waals surface area contributed by atoms with E-state index in [1.165, 1.54) is 41.5 Å². The second kappa shape index (κ2) is 46.1. The van der Waals surface area contributed by atoms with Gasteiger partial charge in [-0.3, -0.25) is 33.6 Å². The number of halogens is 1. The first-order valence-electron chi connectivity index (χ1n) is 41.8. The van der Waals surface area contributed by atoms with Crippen molar-refractivity contribution in [3.63, 3.8) is 0 Å². The maximum atomic E-state index is 12.7. The van der Waals surface area contributed by atoms with Crippen LogP contribution in [0.1, 0.15) is 258 Å². The molecule has 0 aromatic heterocycles. The summed E-state index contributed by atoms with van der Waals surface area (Å²) in [6, 6.07) is 0. The van der Waals surface area contributed by atoms with Crippen LogP contribution >= 0.6 is 12.4 Å². The maximum absolute atomic E-state index is 12.7. The van der Waals surface area contributed by atoms with Crippen molar-refractivity contribution in [2.24, 2.45) is 70.7 Å². The molecule has 3 amide bonds. The molecule has 19 nitrogen and oxygen atoms in total. The predicted molar refractivity (Wildman–Crippen MR) is 325 cm³/mol. The van der Waals surface area contributed by atoms with Gasteiger partial charge < -0.3 is 50.8 Å². The molecular weight excluding hydrogens is 1080 g/mol. The highest BCUT2D eigenvalue weighted by atomic mass is 35.5. The van der Waals surface area contributed by atoms with Gasteiger partial charge in [-0.25, -0.2) is 9.59 Å². The Morgan fingerprint density at radius 2 is 0.915 bits per heavy atom. The van der Waals surface area contributed by atoms with Crippen LogP contribution < -0.4 is 21.7 Å². The molecule has 7 N–H and O–H groups in total. The smallest absolute Gasteiger partial charge is 0.338 e. The second-order valence-electron chi connectivity index (χ2n) is 21.4. The zero-order valence-electron chi connectivity index (χ0n) is 81.9. The van der Waals surface area contributed by atoms with E-state index < -0.39 is 208 Å². The number of carboxylic acid groups (broad SMARTS) is 2. The van der Waals surface area contributed by atoms with E-state index in [4.69, 9.17) is 77.4 Å². The number of esters is 2. The highest BCUT2D eigenvalue weighted by Crippen LogP contribution is 2.30. The van der Waals surface area contributed by atoms with Crippen LogP contribution in [0.2, 0.25) is 0 Å². The molecule has 2 rings (SSSR count). The average molecular weight is 1230 g/mol. The van der Waals surface area contributed by atoms with Gasteiger partial charge in [-0.15, -0.1) is 12.4 Å². The lowest BCUT2D eigenvalue weighted by atomic mass is 9.90. The number of rotatable bonds is 34. The lowest BCUT2D eigenvalue weighted by Crippen LogP contribution is -2.35. The first-order chi connectivity index (χ1) is 48.8. The minimum atomic E-state index is -3.46. The van der Waals surface area contributed by atoms with Gasteiger partial charge in [-0.2, -0.15) is 0 Å². The van der Waals surface area contributed by atoms with E-state index in [2.05, 4.69) is 5.32 Å². The number of carbonyl (C=O) groups is 9. The Morgan fingerprint density at radius 3 is 1.20 bits per heavy atom. The molecule has 0 aromatic carbocycles. The van der Waals surface area contributed by atoms with Crippen LogP contribution in [0.3, 0.4) is 0 Å². The number of nitrogens with two attached hydrogens (primary N) is 1. The molecule has 482 valence electrons. The molecule has 2 fully saturated rings. The van der Waals surface area contributed by atoms with Gasteiger partial charge in [0.1, 0.15) is 5.60 Å². The molecule has 0 radical (unpaired) electrons. The minimum absolute atomic E-state index is 0. The fourth-order valence-electron chi connectivity index (χ4n) is 6.38. The van der Waals surface area contributed by atoms with E-state index >= 15 is 0 Å². The van der Waals surface area contributed by atoms with Crippen molar-refractivity contribution < 1.29 is 115 Å². The van der Waals surface area contributed by atoms with Gasteiger partial charge in [-0.05, 0) is 133 Å². The van der Waals surface area contributed by atoms with Gasteiger partial charge in [0.2, 0.25) is 17.7 Å². The van der Waals surface area contributed by atoms with Crippen LogP contribution in [0.5, 0.6) is 0 Å². The molecule has 2 unspecified atom stereocenters. The number of hydrogen-bond donors (Lipinski definition) is 6. The summed E-state index contributed by atoms with van der Waals surface area (Å²) in [6.07, 6.45) is -22.1. The molecule has 9 atom stereocenters. The van der Waals surface area contributed by atoms with Crippen LogP contribution in [0, 0.1) is 65.0 Å². The Morgan fingerprint density at radius 1 is 0.561 bits per heavy atom. The number of epoxide rings is 2. The Bertz CT molecular complexity index is 3170. The van der Waals surface area contributed by atoms with Gasteiger partial charge in [0.15, 0.2) is 36.0 Å². The molecule has 2 aliphatic heterocycles. The van der Waals surface area contributed by atoms with Crippen LogP contribution in [-0.4, -0.2) is 126 Å². The van der Waals surface area contributed by atoms with Gasteiger partial charge >= 0.3 is 23.9 Å². The maximum Gasteiger partial charge on any atom is 0.338 e. The lowest BCUT2D eigenvalue weighted by molar-refractivity contribution is -0.157. The Labute approximate surface area is 544 Å². The highest BCUT2D eigenvalue weighted by molar-refractivity contribution is 5.97. The fraction of sp³-hybridized carbons (Fsp3) is 0.855. The van der Waals surface area contributed by atoms with E-state index in [1.807, 2.05) is 38.3 Å². The number of nitrogens with one attached hydrogen (secondary N) is 3. The van der Waals surface area contributed by atoms with Gasteiger partial charge in [0.05, 0.1) is 13.0 Å². The molecule has 0 spiro atoms. The molecule has 0 aromatic rings. The Kier molecular flexibility index (Phi) is 23.5. The third-order valence-electron chi connectivity index (χ3n) is 9.60. The molecule has 20 heteroatoms. The van der Waals surface area contributed by atoms with Crippen molar-refractivity contribution in [3.8, 4) is 0 Å². The zero-order chi connectivity index (χ0) is 90.9. The second-order valence-corrected chi connectivity index (χ2v) is 21.4. The molecule has 2 saturated heterocycles. The fourth-order valence-corrected chi connectivity index (χ4v) is 6.38. The van der Waals surface area contributed by atoms with E-state index in [0.717, 1.165) is 6.92 Å². The summed E-state index contributed by atoms with van der Waals surface area (Å²) < 4.78 is 252. The number of carboxylic acids is 2. The van der Waals surface area contributed by atoms with E-state index in [0.29, 0.717) is 13.3 Å². The topological polar surface area (TPSA) is 300 Å². The number of Topliss-reactive ketones (excluding diaryl/α,β-unsaturated/α-hetero) is 2. The van der Waals surface area contributed by atoms with Crippen molar-refractivity contribution in [1.29, 1.82) is 0 Å². The number of ketones is 2. The SMILES string of the molecule is Cl.[2H]C(C)(C)C([2H])([2H])C([2H])([2H])NC(=O)[C@@H](CC(=O)OC(C)(C)C)CC(C)C.[2H]C(C)(C)C([2H])([2H])C([2H])([2H])NC(=O)[C@@H](CC(=O)[C@H]1O[C@@H]1C(=O)O)CC(C)C.[2H]C(C)(C)C([2H])([2H])C([2H])([2H])NC(=O)[C@@H](CC(=O)[C@H]1O[C@@H]1C(=O)OCC)CC(C)C.[2H]C([2H])([2H])C([2H])(C)C([2H])([2H])C([2H])([2H])C(=O)O.[2H]C([2H])([2H])C([2H])(C)C([2H])([2H])C([2H])([2H])N. The van der Waals surface area contributed by atoms with Crippen molar-refractivity contribution in [2.45, 2.75) is 245 Å². The Hall–Kier alpha value is -4.20. The number of aliphatic carboxylic acids is 2. The van der Waals surface area contributed by atoms with Gasteiger partial charge in [0.25, 0.3) is 0 Å². The lowest BCUT2D eigenvalue weighted by Gasteiger charge is -2.23. The molecule has 0 bridgehead atoms. The summed E-state index contributed by atoms with van der Waals surface area (Å²) in [4.78, 5) is 108. The van der Waals surface area contributed by atoms with E-state index in [-0.39, 0.29) is 68.9 Å². The molecule has 2 aliphatic rings. The zero-order valence-corrected chi connectivity index (χ0v) is 51.7. The molecule has 0 aliphatic carbocycles. The average Bonchev–Trinajstić information content (AvgIpc) is 1.74. The van der Waals surface area contributed by atoms with Crippen molar-refractivity contribution in [3.05, 3.63) is 0 Å². The third-order valence-corrected chi connectivity index (χ3v) is 9.60. The molecule has 82 heavy (non-hydrogen) atoms. The Balaban J connectivity index is -0.000000672. The number of ether oxygens (including phenoxy) is 4. The highest BCUT2D eigenvalue weighted by Gasteiger charge is 2.52. The summed E-state index contributed by atoms with van der Waals surface area (Å²) >= 11 is 0. The number of hydrogen-bond acceptors (Lipinski definition) is 14. The first kappa shape index (κ1) is 41.8. The number of carbonyl (C=O) groups excluding carboxylic acids is 7. The molecule has 0 saturated carbocycles. The van der Waals surface area contributed by atoms with Crippen LogP contribution in [0.25, 0.3) is 0 Å². The van der Waals surface area contributed by atoms with Gasteiger partial charge in [-0.1, -0.05) is 111 Å². The van der Waals surface area contributed by atoms with E-state index in [1.54, 1.807) is 41.5 Å². The van der Waals surface area contributed by atoms with Gasteiger partial charge in [0, 0.05) is 99.0 Å². The summed E-state index contributed by atoms with van der Waals surface area (Å²) in [5.74, 6) is -21.6. The minimum Gasteiger partial charge on any atom is -0.481 e. The normalized spacial score (nSPS) is 26.5. The standard InChI is InChI=1S/C18H31NO5.C17H33NO3.C16H27NO5.C6H12O2.C5H13N.ClH/c1-6-23-18(22)16-15(24-16)14(20)10-13(9-12(4)5)17(21)19-8-7-11(2)3;1-12(2)8-9-18-16(20)14(10-13(3)4)11-15(19)21-17(5,6)7;1-9(2)5-6-17-15(19)11(7-10(3)4)8-12(18)13-14(22-13)16(20)21;1-5(2)3-4-6(7)8;1-5(2)3-4-6;/h11-13,15-16H,6-10H2,1-5H3,(H,19,21);12-14H,8-11H2,1-7H3,(H,18,20);9-11,13-14H,5-8H2,1-4H3,(H,17,19)(H,20,21);5H,3-4H2,1-2H3,(H,7,8);5H,3-4,6H2,1-2H3;1H/t13-,15-,16+;14-;11-,13-,14+;;;/m111.../s1/i7D2,8D2,11D;8D2,9D2,12D;5D2,6D2,9D;2*1D3,3D2,4D2,5D;. The summed E-state index contributed by atoms with van der Waals surface area (Å²) in [5.41, 5.74) is 4.19. The molecular formula is C62H117ClN4O15. The predicted octanol–water partition coefficient (Wildman–Crippen LogP) is 10.2. The largest absolute Gasteiger partial charge is 0.481 e. The van der Waals surface area contributed by atoms with Crippen molar-refractivity contribution >= 4 is 65.6 Å². The summed E-state index contributed by atoms with van der Waals surface area (Å²) in [5, 5.41) is 23.4. The first-order valence-corrected chi connectivity index (χ1v) is 26.3. The third kappa shape index (κ3) is 48.2. The number of amides is 3. The monoisotopic (exact) mass is 1220 g/mol. The summed E-state index contributed by atoms with van der Waals surface area (Å²) in [7, 11) is 0. The van der Waals surface area contributed by atoms with Crippen LogP contribution in [0.15, 0.2) is 0 Å². The van der Waals surface area contributed by atoms with Crippen LogP contribution in [0.4, 0.5) is 0 Å². The van der Waals surface area contributed by atoms with Crippen molar-refractivity contribution in [2.75, 3.05) is 32.6 Å².